The minimum atomic E-state index is 0.0824. The second-order valence-electron chi connectivity index (χ2n) is 6.95. The van der Waals surface area contributed by atoms with Gasteiger partial charge in [-0.2, -0.15) is 0 Å². The van der Waals surface area contributed by atoms with Crippen molar-refractivity contribution in [3.8, 4) is 0 Å². The van der Waals surface area contributed by atoms with Crippen LogP contribution in [0.15, 0.2) is 84.9 Å². The fourth-order valence-corrected chi connectivity index (χ4v) is 3.47. The van der Waals surface area contributed by atoms with Gasteiger partial charge in [-0.25, -0.2) is 4.98 Å². The van der Waals surface area contributed by atoms with Crippen LogP contribution >= 0.6 is 0 Å². The summed E-state index contributed by atoms with van der Waals surface area (Å²) < 4.78 is 2.00. The van der Waals surface area contributed by atoms with E-state index in [1.807, 2.05) is 77.1 Å². The summed E-state index contributed by atoms with van der Waals surface area (Å²) in [6.07, 6.45) is 0. The van der Waals surface area contributed by atoms with E-state index in [0.29, 0.717) is 13.1 Å². The Kier molecular flexibility index (Phi) is 5.20. The first-order chi connectivity index (χ1) is 13.7. The summed E-state index contributed by atoms with van der Waals surface area (Å²) in [6.45, 7) is 3.40. The number of rotatable bonds is 6. The quantitative estimate of drug-likeness (QED) is 0.499. The van der Waals surface area contributed by atoms with Crippen molar-refractivity contribution in [3.05, 3.63) is 102 Å². The lowest BCUT2D eigenvalue weighted by Crippen LogP contribution is -2.33. The largest absolute Gasteiger partial charge is 0.332 e. The van der Waals surface area contributed by atoms with E-state index in [4.69, 9.17) is 0 Å². The number of benzene rings is 3. The fraction of sp³-hybridized carbons (Fsp3) is 0.167. The van der Waals surface area contributed by atoms with Gasteiger partial charge in [0.05, 0.1) is 11.0 Å². The van der Waals surface area contributed by atoms with Gasteiger partial charge in [0.1, 0.15) is 12.4 Å². The van der Waals surface area contributed by atoms with E-state index in [9.17, 15) is 4.79 Å². The first-order valence-corrected chi connectivity index (χ1v) is 9.48. The molecule has 0 saturated heterocycles. The average molecular weight is 369 g/mol. The molecule has 140 valence electrons. The number of nitrogens with zero attached hydrogens (tertiary/aromatic N) is 3. The van der Waals surface area contributed by atoms with Crippen LogP contribution in [0.4, 0.5) is 0 Å². The molecule has 1 aromatic heterocycles. The van der Waals surface area contributed by atoms with Crippen molar-refractivity contribution in [2.24, 2.45) is 0 Å². The SMILES string of the molecule is Cc1nc2ccccc2n1CC(=O)N(Cc1ccccc1)Cc1ccccc1. The smallest absolute Gasteiger partial charge is 0.243 e. The van der Waals surface area contributed by atoms with Crippen molar-refractivity contribution in [3.63, 3.8) is 0 Å². The number of aromatic nitrogens is 2. The first-order valence-electron chi connectivity index (χ1n) is 9.48. The number of aryl methyl sites for hydroxylation is 1. The Balaban J connectivity index is 1.61. The third kappa shape index (κ3) is 3.96. The van der Waals surface area contributed by atoms with Crippen LogP contribution in [0, 0.1) is 6.92 Å². The van der Waals surface area contributed by atoms with E-state index in [0.717, 1.165) is 28.0 Å². The molecule has 0 atom stereocenters. The lowest BCUT2D eigenvalue weighted by atomic mass is 10.1. The molecule has 0 N–H and O–H groups in total. The molecule has 0 unspecified atom stereocenters. The summed E-state index contributed by atoms with van der Waals surface area (Å²) in [7, 11) is 0. The number of carbonyl (C=O) groups excluding carboxylic acids is 1. The number of hydrogen-bond donors (Lipinski definition) is 0. The number of fused-ring (bicyclic) bond motifs is 1. The van der Waals surface area contributed by atoms with E-state index >= 15 is 0 Å². The van der Waals surface area contributed by atoms with E-state index in [-0.39, 0.29) is 12.5 Å². The van der Waals surface area contributed by atoms with Crippen molar-refractivity contribution < 1.29 is 4.79 Å². The maximum absolute atomic E-state index is 13.3. The summed E-state index contributed by atoms with van der Waals surface area (Å²) >= 11 is 0. The van der Waals surface area contributed by atoms with Gasteiger partial charge in [0.15, 0.2) is 0 Å². The van der Waals surface area contributed by atoms with Crippen molar-refractivity contribution in [2.45, 2.75) is 26.6 Å². The van der Waals surface area contributed by atoms with E-state index in [2.05, 4.69) is 29.2 Å². The van der Waals surface area contributed by atoms with Crippen LogP contribution in [0.3, 0.4) is 0 Å². The predicted octanol–water partition coefficient (Wildman–Crippen LogP) is 4.57. The van der Waals surface area contributed by atoms with Crippen molar-refractivity contribution in [2.75, 3.05) is 0 Å². The highest BCUT2D eigenvalue weighted by Crippen LogP contribution is 2.17. The first kappa shape index (κ1) is 18.0. The molecule has 0 aliphatic heterocycles. The van der Waals surface area contributed by atoms with Crippen LogP contribution < -0.4 is 0 Å². The van der Waals surface area contributed by atoms with Gasteiger partial charge in [0.2, 0.25) is 5.91 Å². The molecule has 4 aromatic rings. The van der Waals surface area contributed by atoms with Crippen LogP contribution in [0.2, 0.25) is 0 Å². The topological polar surface area (TPSA) is 38.1 Å². The molecule has 28 heavy (non-hydrogen) atoms. The molecule has 1 amide bonds. The lowest BCUT2D eigenvalue weighted by Gasteiger charge is -2.24. The molecule has 4 heteroatoms. The third-order valence-corrected chi connectivity index (χ3v) is 4.92. The van der Waals surface area contributed by atoms with Crippen LogP contribution in [0.25, 0.3) is 11.0 Å². The number of carbonyl (C=O) groups is 1. The summed E-state index contributed by atoms with van der Waals surface area (Å²) in [6, 6.07) is 28.2. The Morgan fingerprint density at radius 2 is 1.36 bits per heavy atom. The molecule has 0 aliphatic carbocycles. The number of amides is 1. The highest BCUT2D eigenvalue weighted by Gasteiger charge is 2.18. The maximum Gasteiger partial charge on any atom is 0.243 e. The Bertz CT molecular complexity index is 1030. The molecular formula is C24H23N3O. The highest BCUT2D eigenvalue weighted by atomic mass is 16.2. The van der Waals surface area contributed by atoms with E-state index < -0.39 is 0 Å². The highest BCUT2D eigenvalue weighted by molar-refractivity contribution is 5.81. The minimum absolute atomic E-state index is 0.0824. The van der Waals surface area contributed by atoms with Gasteiger partial charge in [-0.15, -0.1) is 0 Å². The summed E-state index contributed by atoms with van der Waals surface area (Å²) in [5, 5.41) is 0. The Morgan fingerprint density at radius 1 is 0.821 bits per heavy atom. The molecule has 3 aromatic carbocycles. The second kappa shape index (κ2) is 8.09. The molecule has 0 spiro atoms. The van der Waals surface area contributed by atoms with Gasteiger partial charge in [-0.05, 0) is 30.2 Å². The molecule has 0 saturated carbocycles. The maximum atomic E-state index is 13.3. The molecule has 4 nitrogen and oxygen atoms in total. The summed E-state index contributed by atoms with van der Waals surface area (Å²) in [5.41, 5.74) is 4.16. The molecule has 0 radical (unpaired) electrons. The third-order valence-electron chi connectivity index (χ3n) is 4.92. The number of imidazole rings is 1. The Labute approximate surface area is 165 Å². The molecule has 4 rings (SSSR count). The fourth-order valence-electron chi connectivity index (χ4n) is 3.47. The number of hydrogen-bond acceptors (Lipinski definition) is 2. The van der Waals surface area contributed by atoms with Gasteiger partial charge in [-0.3, -0.25) is 4.79 Å². The average Bonchev–Trinajstić information content (AvgIpc) is 3.04. The van der Waals surface area contributed by atoms with Gasteiger partial charge in [0.25, 0.3) is 0 Å². The van der Waals surface area contributed by atoms with E-state index in [1.54, 1.807) is 0 Å². The molecule has 0 bridgehead atoms. The van der Waals surface area contributed by atoms with Gasteiger partial charge < -0.3 is 9.47 Å². The molecular weight excluding hydrogens is 346 g/mol. The van der Waals surface area contributed by atoms with Crippen molar-refractivity contribution in [1.82, 2.24) is 14.5 Å². The van der Waals surface area contributed by atoms with Crippen LogP contribution in [0.1, 0.15) is 17.0 Å². The van der Waals surface area contributed by atoms with Gasteiger partial charge in [0, 0.05) is 13.1 Å². The van der Waals surface area contributed by atoms with Gasteiger partial charge >= 0.3 is 0 Å². The standard InChI is InChI=1S/C24H23N3O/c1-19-25-22-14-8-9-15-23(22)27(19)18-24(28)26(16-20-10-4-2-5-11-20)17-21-12-6-3-7-13-21/h2-15H,16-18H2,1H3. The minimum Gasteiger partial charge on any atom is -0.332 e. The van der Waals surface area contributed by atoms with Gasteiger partial charge in [-0.1, -0.05) is 72.8 Å². The lowest BCUT2D eigenvalue weighted by molar-refractivity contribution is -0.133. The molecule has 1 heterocycles. The van der Waals surface area contributed by atoms with E-state index in [1.165, 1.54) is 0 Å². The van der Waals surface area contributed by atoms with Crippen molar-refractivity contribution in [1.29, 1.82) is 0 Å². The van der Waals surface area contributed by atoms with Crippen LogP contribution in [-0.4, -0.2) is 20.4 Å². The summed E-state index contributed by atoms with van der Waals surface area (Å²) in [4.78, 5) is 19.8. The molecule has 0 aliphatic rings. The Morgan fingerprint density at radius 3 is 1.96 bits per heavy atom. The summed E-state index contributed by atoms with van der Waals surface area (Å²) in [5.74, 6) is 0.938. The monoisotopic (exact) mass is 369 g/mol. The Hall–Kier alpha value is -3.40. The zero-order valence-corrected chi connectivity index (χ0v) is 16.0. The number of para-hydroxylation sites is 2. The van der Waals surface area contributed by atoms with Crippen molar-refractivity contribution >= 4 is 16.9 Å². The second-order valence-corrected chi connectivity index (χ2v) is 6.95. The van der Waals surface area contributed by atoms with Crippen LogP contribution in [-0.2, 0) is 24.4 Å². The zero-order valence-electron chi connectivity index (χ0n) is 16.0. The normalized spacial score (nSPS) is 10.9. The van der Waals surface area contributed by atoms with Crippen LogP contribution in [0.5, 0.6) is 0 Å². The zero-order chi connectivity index (χ0) is 19.3. The predicted molar refractivity (Wildman–Crippen MR) is 112 cm³/mol. The molecule has 0 fully saturated rings.